The third kappa shape index (κ3) is 2.09. The van der Waals surface area contributed by atoms with Crippen molar-refractivity contribution in [2.75, 3.05) is 6.61 Å². The fourth-order valence-electron chi connectivity index (χ4n) is 1.83. The summed E-state index contributed by atoms with van der Waals surface area (Å²) >= 11 is 5.84. The quantitative estimate of drug-likeness (QED) is 0.726. The number of aryl methyl sites for hydroxylation is 1. The zero-order valence-corrected chi connectivity index (χ0v) is 10.2. The maximum absolute atomic E-state index is 13.6. The van der Waals surface area contributed by atoms with Gasteiger partial charge in [0.1, 0.15) is 17.7 Å². The first-order valence-electron chi connectivity index (χ1n) is 5.32. The summed E-state index contributed by atoms with van der Waals surface area (Å²) in [5.74, 6) is 0. The maximum Gasteiger partial charge on any atom is 0.330 e. The molecule has 0 bridgehead atoms. The molecule has 1 fully saturated rings. The van der Waals surface area contributed by atoms with Gasteiger partial charge in [0.2, 0.25) is 0 Å². The van der Waals surface area contributed by atoms with Crippen LogP contribution in [0.2, 0.25) is 0 Å². The molecule has 0 spiro atoms. The highest BCUT2D eigenvalue weighted by Crippen LogP contribution is 2.34. The SMILES string of the molecule is Cc1cn([C@H]2O[C@H](CO)[C@@H](F)[C@H]2Cl)c(=O)[nH]c1=O. The molecule has 1 aromatic heterocycles. The summed E-state index contributed by atoms with van der Waals surface area (Å²) in [5.41, 5.74) is -0.965. The number of halogens is 2. The van der Waals surface area contributed by atoms with Crippen LogP contribution in [-0.2, 0) is 4.74 Å². The van der Waals surface area contributed by atoms with Crippen molar-refractivity contribution in [1.29, 1.82) is 0 Å². The van der Waals surface area contributed by atoms with Crippen LogP contribution in [0.1, 0.15) is 11.8 Å². The Balaban J connectivity index is 2.42. The molecule has 1 aliphatic rings. The standard InChI is InChI=1S/C10H12ClFN2O4/c1-4-2-14(10(17)13-8(4)16)9-6(11)7(12)5(3-15)18-9/h2,5-7,9,15H,3H2,1H3,(H,13,16,17)/t5-,6-,7-,9+/m1/s1. The van der Waals surface area contributed by atoms with E-state index in [0.29, 0.717) is 0 Å². The largest absolute Gasteiger partial charge is 0.394 e. The van der Waals surface area contributed by atoms with Crippen LogP contribution in [0.5, 0.6) is 0 Å². The predicted molar refractivity (Wildman–Crippen MR) is 61.6 cm³/mol. The second kappa shape index (κ2) is 4.83. The van der Waals surface area contributed by atoms with Crippen molar-refractivity contribution in [2.45, 2.75) is 30.8 Å². The van der Waals surface area contributed by atoms with E-state index in [-0.39, 0.29) is 5.56 Å². The number of rotatable bonds is 2. The average Bonchev–Trinajstić information content (AvgIpc) is 2.61. The minimum absolute atomic E-state index is 0.282. The molecule has 2 heterocycles. The van der Waals surface area contributed by atoms with Crippen LogP contribution >= 0.6 is 11.6 Å². The number of aromatic nitrogens is 2. The Morgan fingerprint density at radius 2 is 2.28 bits per heavy atom. The van der Waals surface area contributed by atoms with Gasteiger partial charge in [-0.3, -0.25) is 14.3 Å². The zero-order chi connectivity index (χ0) is 13.4. The minimum Gasteiger partial charge on any atom is -0.394 e. The van der Waals surface area contributed by atoms with Crippen LogP contribution < -0.4 is 11.2 Å². The number of nitrogens with zero attached hydrogens (tertiary/aromatic N) is 1. The van der Waals surface area contributed by atoms with E-state index in [9.17, 15) is 14.0 Å². The van der Waals surface area contributed by atoms with Crippen LogP contribution in [0, 0.1) is 6.92 Å². The number of hydrogen-bond donors (Lipinski definition) is 2. The number of aliphatic hydroxyl groups is 1. The van der Waals surface area contributed by atoms with Crippen molar-refractivity contribution >= 4 is 11.6 Å². The lowest BCUT2D eigenvalue weighted by Crippen LogP contribution is -2.36. The van der Waals surface area contributed by atoms with Crippen LogP contribution in [0.15, 0.2) is 15.8 Å². The van der Waals surface area contributed by atoms with Crippen LogP contribution in [0.3, 0.4) is 0 Å². The van der Waals surface area contributed by atoms with E-state index in [1.54, 1.807) is 0 Å². The first-order valence-corrected chi connectivity index (χ1v) is 5.76. The van der Waals surface area contributed by atoms with Crippen molar-refractivity contribution in [2.24, 2.45) is 0 Å². The number of nitrogens with one attached hydrogen (secondary N) is 1. The third-order valence-electron chi connectivity index (χ3n) is 2.85. The average molecular weight is 279 g/mol. The first-order chi connectivity index (χ1) is 8.45. The van der Waals surface area contributed by atoms with E-state index in [1.165, 1.54) is 13.1 Å². The number of hydrogen-bond acceptors (Lipinski definition) is 4. The third-order valence-corrected chi connectivity index (χ3v) is 3.30. The van der Waals surface area contributed by atoms with Crippen molar-refractivity contribution in [3.8, 4) is 0 Å². The monoisotopic (exact) mass is 278 g/mol. The Kier molecular flexibility index (Phi) is 3.56. The Morgan fingerprint density at radius 1 is 1.61 bits per heavy atom. The first kappa shape index (κ1) is 13.3. The molecule has 1 aromatic rings. The molecule has 0 aromatic carbocycles. The molecule has 2 N–H and O–H groups in total. The molecule has 18 heavy (non-hydrogen) atoms. The summed E-state index contributed by atoms with van der Waals surface area (Å²) in [7, 11) is 0. The van der Waals surface area contributed by atoms with Gasteiger partial charge < -0.3 is 9.84 Å². The predicted octanol–water partition coefficient (Wildman–Crippen LogP) is -0.320. The van der Waals surface area contributed by atoms with Gasteiger partial charge in [0.15, 0.2) is 6.23 Å². The van der Waals surface area contributed by atoms with Gasteiger partial charge in [-0.15, -0.1) is 11.6 Å². The summed E-state index contributed by atoms with van der Waals surface area (Å²) in [6, 6.07) is 0. The molecule has 1 saturated heterocycles. The maximum atomic E-state index is 13.6. The molecule has 0 amide bonds. The Bertz CT molecular complexity index is 558. The second-order valence-electron chi connectivity index (χ2n) is 4.12. The second-order valence-corrected chi connectivity index (χ2v) is 4.62. The highest BCUT2D eigenvalue weighted by atomic mass is 35.5. The molecular weight excluding hydrogens is 267 g/mol. The molecule has 0 saturated carbocycles. The lowest BCUT2D eigenvalue weighted by atomic mass is 10.2. The highest BCUT2D eigenvalue weighted by molar-refractivity contribution is 6.21. The van der Waals surface area contributed by atoms with Crippen molar-refractivity contribution in [1.82, 2.24) is 9.55 Å². The van der Waals surface area contributed by atoms with Gasteiger partial charge in [-0.05, 0) is 6.92 Å². The smallest absolute Gasteiger partial charge is 0.330 e. The Morgan fingerprint density at radius 3 is 2.83 bits per heavy atom. The molecule has 8 heteroatoms. The lowest BCUT2D eigenvalue weighted by molar-refractivity contribution is -0.0353. The van der Waals surface area contributed by atoms with Crippen LogP contribution in [-0.4, -0.2) is 38.9 Å². The molecule has 2 rings (SSSR count). The van der Waals surface area contributed by atoms with Gasteiger partial charge in [-0.1, -0.05) is 0 Å². The number of alkyl halides is 2. The van der Waals surface area contributed by atoms with Crippen LogP contribution in [0.4, 0.5) is 4.39 Å². The topological polar surface area (TPSA) is 84.3 Å². The van der Waals surface area contributed by atoms with Gasteiger partial charge in [0.05, 0.1) is 6.61 Å². The molecule has 0 unspecified atom stereocenters. The van der Waals surface area contributed by atoms with Gasteiger partial charge in [-0.25, -0.2) is 9.18 Å². The molecule has 100 valence electrons. The van der Waals surface area contributed by atoms with E-state index in [2.05, 4.69) is 4.98 Å². The molecule has 4 atom stereocenters. The van der Waals surface area contributed by atoms with Gasteiger partial charge >= 0.3 is 5.69 Å². The zero-order valence-electron chi connectivity index (χ0n) is 9.47. The van der Waals surface area contributed by atoms with Crippen molar-refractivity contribution in [3.05, 3.63) is 32.6 Å². The highest BCUT2D eigenvalue weighted by Gasteiger charge is 2.45. The Hall–Kier alpha value is -1.18. The van der Waals surface area contributed by atoms with Crippen molar-refractivity contribution in [3.63, 3.8) is 0 Å². The summed E-state index contributed by atoms with van der Waals surface area (Å²) in [4.78, 5) is 24.9. The molecule has 1 aliphatic heterocycles. The van der Waals surface area contributed by atoms with Gasteiger partial charge in [0, 0.05) is 11.8 Å². The normalized spacial score (nSPS) is 31.8. The van der Waals surface area contributed by atoms with E-state index in [1.807, 2.05) is 0 Å². The molecular formula is C10H12ClFN2O4. The van der Waals surface area contributed by atoms with E-state index >= 15 is 0 Å². The number of ether oxygens (including phenoxy) is 1. The Labute approximate surface area is 106 Å². The van der Waals surface area contributed by atoms with Gasteiger partial charge in [-0.2, -0.15) is 0 Å². The summed E-state index contributed by atoms with van der Waals surface area (Å²) in [6.07, 6.45) is -2.45. The van der Waals surface area contributed by atoms with Gasteiger partial charge in [0.25, 0.3) is 5.56 Å². The van der Waals surface area contributed by atoms with E-state index in [4.69, 9.17) is 21.4 Å². The summed E-state index contributed by atoms with van der Waals surface area (Å²) in [5, 5.41) is 7.81. The summed E-state index contributed by atoms with van der Waals surface area (Å²) in [6.45, 7) is 0.974. The summed E-state index contributed by atoms with van der Waals surface area (Å²) < 4.78 is 19.8. The van der Waals surface area contributed by atoms with E-state index in [0.717, 1.165) is 4.57 Å². The number of aromatic amines is 1. The number of aliphatic hydroxyl groups excluding tert-OH is 1. The fourth-order valence-corrected chi connectivity index (χ4v) is 2.17. The molecule has 0 radical (unpaired) electrons. The van der Waals surface area contributed by atoms with E-state index < -0.39 is 41.7 Å². The molecule has 6 nitrogen and oxygen atoms in total. The number of H-pyrrole nitrogens is 1. The fraction of sp³-hybridized carbons (Fsp3) is 0.600. The minimum atomic E-state index is -1.58. The van der Waals surface area contributed by atoms with Crippen LogP contribution in [0.25, 0.3) is 0 Å². The lowest BCUT2D eigenvalue weighted by Gasteiger charge is -2.16. The van der Waals surface area contributed by atoms with Crippen molar-refractivity contribution < 1.29 is 14.2 Å². The molecule has 0 aliphatic carbocycles.